The number of nitrogen functional groups attached to an aromatic ring is 1. The molecule has 0 aliphatic rings. The van der Waals surface area contributed by atoms with Crippen molar-refractivity contribution in [2.45, 2.75) is 6.92 Å². The number of nitrogens with two attached hydrogens (primary N) is 1. The summed E-state index contributed by atoms with van der Waals surface area (Å²) >= 11 is 0. The lowest BCUT2D eigenvalue weighted by atomic mass is 10.0. The van der Waals surface area contributed by atoms with E-state index in [1.54, 1.807) is 0 Å². The van der Waals surface area contributed by atoms with E-state index in [1.165, 1.54) is 15.6 Å². The first-order valence-corrected chi connectivity index (χ1v) is 5.82. The molecule has 3 rings (SSSR count). The van der Waals surface area contributed by atoms with Crippen molar-refractivity contribution in [3.05, 3.63) is 48.0 Å². The molecule has 1 aromatic heterocycles. The molecule has 0 atom stereocenters. The van der Waals surface area contributed by atoms with Gasteiger partial charge in [0.25, 0.3) is 5.95 Å². The number of hydrogen-bond acceptors (Lipinski definition) is 5. The van der Waals surface area contributed by atoms with E-state index in [-0.39, 0.29) is 5.95 Å². The molecule has 6 nitrogen and oxygen atoms in total. The fourth-order valence-electron chi connectivity index (χ4n) is 1.87. The summed E-state index contributed by atoms with van der Waals surface area (Å²) in [5, 5.41) is 17.4. The molecule has 0 saturated carbocycles. The van der Waals surface area contributed by atoms with Gasteiger partial charge in [0.1, 0.15) is 0 Å². The first-order valence-electron chi connectivity index (χ1n) is 5.82. The van der Waals surface area contributed by atoms with Crippen molar-refractivity contribution in [3.63, 3.8) is 0 Å². The third-order valence-corrected chi connectivity index (χ3v) is 2.89. The van der Waals surface area contributed by atoms with E-state index in [0.717, 1.165) is 11.3 Å². The predicted molar refractivity (Wildman–Crippen MR) is 73.8 cm³/mol. The van der Waals surface area contributed by atoms with Gasteiger partial charge >= 0.3 is 0 Å². The van der Waals surface area contributed by atoms with Crippen LogP contribution in [-0.2, 0) is 0 Å². The molecule has 2 aromatic carbocycles. The molecule has 0 saturated heterocycles. The lowest BCUT2D eigenvalue weighted by Gasteiger charge is -2.03. The standard InChI is InChI=1S/C13H12N6/c1-9(16-19-13(14)15-17-18-19)11-7-6-10-4-2-3-5-12(10)8-11/h2-8H,1H3,(H2,14,15,18). The van der Waals surface area contributed by atoms with Crippen LogP contribution in [0.4, 0.5) is 5.95 Å². The molecular formula is C13H12N6. The average molecular weight is 252 g/mol. The maximum atomic E-state index is 5.58. The highest BCUT2D eigenvalue weighted by atomic mass is 15.7. The quantitative estimate of drug-likeness (QED) is 0.703. The second-order valence-corrected chi connectivity index (χ2v) is 4.17. The van der Waals surface area contributed by atoms with E-state index in [9.17, 15) is 0 Å². The van der Waals surface area contributed by atoms with Crippen molar-refractivity contribution >= 4 is 22.4 Å². The van der Waals surface area contributed by atoms with Gasteiger partial charge in [-0.2, -0.15) is 5.10 Å². The first-order chi connectivity index (χ1) is 9.24. The van der Waals surface area contributed by atoms with Gasteiger partial charge in [0.2, 0.25) is 0 Å². The molecule has 0 fully saturated rings. The van der Waals surface area contributed by atoms with Gasteiger partial charge in [-0.3, -0.25) is 0 Å². The molecule has 0 aliphatic carbocycles. The van der Waals surface area contributed by atoms with E-state index >= 15 is 0 Å². The second-order valence-electron chi connectivity index (χ2n) is 4.17. The molecule has 0 spiro atoms. The summed E-state index contributed by atoms with van der Waals surface area (Å²) in [4.78, 5) is 1.21. The lowest BCUT2D eigenvalue weighted by Crippen LogP contribution is -2.04. The number of nitrogens with zero attached hydrogens (tertiary/aromatic N) is 5. The van der Waals surface area contributed by atoms with Crippen molar-refractivity contribution in [2.75, 3.05) is 5.73 Å². The normalized spacial score (nSPS) is 11.9. The maximum absolute atomic E-state index is 5.58. The third-order valence-electron chi connectivity index (χ3n) is 2.89. The van der Waals surface area contributed by atoms with Gasteiger partial charge < -0.3 is 5.73 Å². The van der Waals surface area contributed by atoms with Crippen molar-refractivity contribution < 1.29 is 0 Å². The van der Waals surface area contributed by atoms with E-state index in [2.05, 4.69) is 44.9 Å². The van der Waals surface area contributed by atoms with E-state index in [0.29, 0.717) is 0 Å². The van der Waals surface area contributed by atoms with Crippen LogP contribution in [0.2, 0.25) is 0 Å². The monoisotopic (exact) mass is 252 g/mol. The molecule has 0 unspecified atom stereocenters. The highest BCUT2D eigenvalue weighted by Crippen LogP contribution is 2.16. The largest absolute Gasteiger partial charge is 0.365 e. The van der Waals surface area contributed by atoms with Crippen LogP contribution < -0.4 is 5.73 Å². The number of anilines is 1. The zero-order chi connectivity index (χ0) is 13.2. The Morgan fingerprint density at radius 2 is 1.95 bits per heavy atom. The molecule has 0 radical (unpaired) electrons. The minimum absolute atomic E-state index is 0.167. The number of rotatable bonds is 2. The molecule has 2 N–H and O–H groups in total. The summed E-state index contributed by atoms with van der Waals surface area (Å²) < 4.78 is 0. The minimum Gasteiger partial charge on any atom is -0.365 e. The summed E-state index contributed by atoms with van der Waals surface area (Å²) in [6.45, 7) is 1.89. The molecule has 3 aromatic rings. The number of fused-ring (bicyclic) bond motifs is 1. The van der Waals surface area contributed by atoms with E-state index in [1.807, 2.05) is 25.1 Å². The maximum Gasteiger partial charge on any atom is 0.263 e. The van der Waals surface area contributed by atoms with Crippen LogP contribution in [0, 0.1) is 0 Å². The van der Waals surface area contributed by atoms with Crippen LogP contribution in [0.1, 0.15) is 12.5 Å². The van der Waals surface area contributed by atoms with Gasteiger partial charge in [-0.1, -0.05) is 46.3 Å². The summed E-state index contributed by atoms with van der Waals surface area (Å²) in [7, 11) is 0. The van der Waals surface area contributed by atoms with Crippen LogP contribution >= 0.6 is 0 Å². The molecule has 0 aliphatic heterocycles. The Balaban J connectivity index is 2.04. The Labute approximate surface area is 109 Å². The smallest absolute Gasteiger partial charge is 0.263 e. The Kier molecular flexibility index (Phi) is 2.68. The van der Waals surface area contributed by atoms with Gasteiger partial charge in [0, 0.05) is 0 Å². The molecule has 0 bridgehead atoms. The molecule has 0 amide bonds. The highest BCUT2D eigenvalue weighted by Gasteiger charge is 2.03. The van der Waals surface area contributed by atoms with Crippen LogP contribution in [0.25, 0.3) is 10.8 Å². The predicted octanol–water partition coefficient (Wildman–Crippen LogP) is 1.68. The SMILES string of the molecule is CC(=Nn1nnnc1N)c1ccc2ccccc2c1. The zero-order valence-corrected chi connectivity index (χ0v) is 10.4. The van der Waals surface area contributed by atoms with Crippen molar-refractivity contribution in [2.24, 2.45) is 5.10 Å². The fourth-order valence-corrected chi connectivity index (χ4v) is 1.87. The Morgan fingerprint density at radius 3 is 2.68 bits per heavy atom. The van der Waals surface area contributed by atoms with Crippen molar-refractivity contribution in [3.8, 4) is 0 Å². The van der Waals surface area contributed by atoms with Gasteiger partial charge in [-0.15, -0.1) is 0 Å². The summed E-state index contributed by atoms with van der Waals surface area (Å²) in [6, 6.07) is 14.3. The summed E-state index contributed by atoms with van der Waals surface area (Å²) in [6.07, 6.45) is 0. The number of aromatic nitrogens is 4. The van der Waals surface area contributed by atoms with Crippen molar-refractivity contribution in [1.29, 1.82) is 0 Å². The van der Waals surface area contributed by atoms with Crippen molar-refractivity contribution in [1.82, 2.24) is 20.3 Å². The topological polar surface area (TPSA) is 82.0 Å². The van der Waals surface area contributed by atoms with Gasteiger partial charge in [0.05, 0.1) is 5.71 Å². The van der Waals surface area contributed by atoms with E-state index < -0.39 is 0 Å². The highest BCUT2D eigenvalue weighted by molar-refractivity contribution is 6.01. The van der Waals surface area contributed by atoms with Gasteiger partial charge in [-0.25, -0.2) is 0 Å². The lowest BCUT2D eigenvalue weighted by molar-refractivity contribution is 0.696. The zero-order valence-electron chi connectivity index (χ0n) is 10.4. The molecule has 6 heteroatoms. The third kappa shape index (κ3) is 2.15. The molecule has 19 heavy (non-hydrogen) atoms. The number of benzene rings is 2. The summed E-state index contributed by atoms with van der Waals surface area (Å²) in [5.41, 5.74) is 7.38. The summed E-state index contributed by atoms with van der Waals surface area (Å²) in [5.74, 6) is 0.167. The average Bonchev–Trinajstić information content (AvgIpc) is 2.84. The Morgan fingerprint density at radius 1 is 1.16 bits per heavy atom. The van der Waals surface area contributed by atoms with Crippen LogP contribution in [0.5, 0.6) is 0 Å². The van der Waals surface area contributed by atoms with Gasteiger partial charge in [-0.05, 0) is 39.8 Å². The Bertz CT molecular complexity index is 758. The van der Waals surface area contributed by atoms with Gasteiger partial charge in [0.15, 0.2) is 0 Å². The number of tetrazole rings is 1. The first kappa shape index (κ1) is 11.3. The molecule has 94 valence electrons. The minimum atomic E-state index is 0.167. The van der Waals surface area contributed by atoms with Crippen LogP contribution in [-0.4, -0.2) is 26.0 Å². The molecule has 1 heterocycles. The number of hydrogen-bond donors (Lipinski definition) is 1. The van der Waals surface area contributed by atoms with Crippen LogP contribution in [0.3, 0.4) is 0 Å². The Hall–Kier alpha value is -2.76. The fraction of sp³-hybridized carbons (Fsp3) is 0.0769. The second kappa shape index (κ2) is 4.49. The van der Waals surface area contributed by atoms with Crippen LogP contribution in [0.15, 0.2) is 47.6 Å². The molecular weight excluding hydrogens is 240 g/mol. The van der Waals surface area contributed by atoms with E-state index in [4.69, 9.17) is 5.73 Å².